The molecule has 0 aliphatic carbocycles. The van der Waals surface area contributed by atoms with Crippen molar-refractivity contribution in [2.45, 2.75) is 13.0 Å². The third kappa shape index (κ3) is 4.17. The number of rotatable bonds is 7. The molecule has 0 atom stereocenters. The molecular weight excluding hydrogens is 259 g/mol. The monoisotopic (exact) mass is 276 g/mol. The van der Waals surface area contributed by atoms with E-state index >= 15 is 0 Å². The number of oxime groups is 1. The Morgan fingerprint density at radius 2 is 2.15 bits per heavy atom. The molecule has 20 heavy (non-hydrogen) atoms. The normalized spacial score (nSPS) is 11.6. The van der Waals surface area contributed by atoms with Gasteiger partial charge in [0.2, 0.25) is 0 Å². The molecule has 5 nitrogen and oxygen atoms in total. The van der Waals surface area contributed by atoms with Crippen LogP contribution in [0.1, 0.15) is 12.0 Å². The maximum Gasteiger partial charge on any atom is 0.129 e. The van der Waals surface area contributed by atoms with Gasteiger partial charge in [-0.15, -0.1) is 0 Å². The fraction of sp³-hybridized carbons (Fsp3) is 0.286. The van der Waals surface area contributed by atoms with Gasteiger partial charge in [0.05, 0.1) is 12.0 Å². The highest BCUT2D eigenvalue weighted by molar-refractivity contribution is 6.00. The fourth-order valence-electron chi connectivity index (χ4n) is 1.72. The maximum atomic E-state index is 13.0. The molecule has 0 saturated heterocycles. The van der Waals surface area contributed by atoms with Gasteiger partial charge in [0, 0.05) is 31.9 Å². The number of halogens is 1. The smallest absolute Gasteiger partial charge is 0.129 e. The van der Waals surface area contributed by atoms with Gasteiger partial charge in [-0.25, -0.2) is 9.37 Å². The largest absolute Gasteiger partial charge is 0.394 e. The summed E-state index contributed by atoms with van der Waals surface area (Å²) in [6.45, 7) is 1.49. The Bertz CT molecular complexity index is 537. The summed E-state index contributed by atoms with van der Waals surface area (Å²) in [6.07, 6.45) is 6.00. The lowest BCUT2D eigenvalue weighted by molar-refractivity contribution is 0.151. The molecule has 0 spiro atoms. The van der Waals surface area contributed by atoms with Crippen LogP contribution in [0, 0.1) is 5.82 Å². The van der Waals surface area contributed by atoms with Crippen LogP contribution in [0.25, 0.3) is 0 Å². The second kappa shape index (κ2) is 7.40. The molecule has 0 fully saturated rings. The van der Waals surface area contributed by atoms with E-state index in [-0.39, 0.29) is 5.82 Å². The molecule has 1 heterocycles. The number of imidazole rings is 1. The molecule has 0 aliphatic heterocycles. The average molecular weight is 276 g/mol. The second-order valence-corrected chi connectivity index (χ2v) is 4.22. The summed E-state index contributed by atoms with van der Waals surface area (Å²) in [4.78, 5) is 9.13. The van der Waals surface area contributed by atoms with Gasteiger partial charge in [0.25, 0.3) is 0 Å². The molecule has 0 unspecified atom stereocenters. The minimum Gasteiger partial charge on any atom is -0.394 e. The highest BCUT2D eigenvalue weighted by atomic mass is 19.1. The SMILES string of the molecule is NCCON=C(CCn1ccnc1)c1ccc(F)cc1. The topological polar surface area (TPSA) is 65.4 Å². The molecule has 2 aromatic rings. The Labute approximate surface area is 116 Å². The van der Waals surface area contributed by atoms with E-state index in [4.69, 9.17) is 10.6 Å². The lowest BCUT2D eigenvalue weighted by atomic mass is 10.1. The number of aryl methyl sites for hydroxylation is 1. The van der Waals surface area contributed by atoms with Crippen LogP contribution in [0.2, 0.25) is 0 Å². The Morgan fingerprint density at radius 3 is 2.80 bits per heavy atom. The van der Waals surface area contributed by atoms with Gasteiger partial charge in [-0.2, -0.15) is 0 Å². The first kappa shape index (κ1) is 14.2. The van der Waals surface area contributed by atoms with Crippen LogP contribution in [0.4, 0.5) is 4.39 Å². The highest BCUT2D eigenvalue weighted by Crippen LogP contribution is 2.08. The van der Waals surface area contributed by atoms with Crippen LogP contribution in [0.15, 0.2) is 48.1 Å². The van der Waals surface area contributed by atoms with Gasteiger partial charge in [0.1, 0.15) is 12.4 Å². The molecule has 2 N–H and O–H groups in total. The number of hydrogen-bond donors (Lipinski definition) is 1. The summed E-state index contributed by atoms with van der Waals surface area (Å²) in [6, 6.07) is 6.19. The van der Waals surface area contributed by atoms with Crippen LogP contribution in [-0.2, 0) is 11.4 Å². The van der Waals surface area contributed by atoms with Crippen molar-refractivity contribution in [1.82, 2.24) is 9.55 Å². The van der Waals surface area contributed by atoms with Gasteiger partial charge >= 0.3 is 0 Å². The molecule has 6 heteroatoms. The lowest BCUT2D eigenvalue weighted by Gasteiger charge is -2.07. The number of benzene rings is 1. The summed E-state index contributed by atoms with van der Waals surface area (Å²) in [5.74, 6) is -0.273. The predicted molar refractivity (Wildman–Crippen MR) is 74.8 cm³/mol. The van der Waals surface area contributed by atoms with Crippen LogP contribution in [0.3, 0.4) is 0 Å². The quantitative estimate of drug-likeness (QED) is 0.476. The Morgan fingerprint density at radius 1 is 1.35 bits per heavy atom. The molecule has 0 radical (unpaired) electrons. The first-order valence-corrected chi connectivity index (χ1v) is 6.40. The van der Waals surface area contributed by atoms with Gasteiger partial charge in [-0.1, -0.05) is 17.3 Å². The van der Waals surface area contributed by atoms with Gasteiger partial charge in [-0.05, 0) is 17.7 Å². The van der Waals surface area contributed by atoms with Crippen LogP contribution < -0.4 is 5.73 Å². The van der Waals surface area contributed by atoms with Crippen molar-refractivity contribution in [3.63, 3.8) is 0 Å². The van der Waals surface area contributed by atoms with E-state index in [1.54, 1.807) is 24.7 Å². The Balaban J connectivity index is 2.07. The van der Waals surface area contributed by atoms with E-state index in [1.165, 1.54) is 12.1 Å². The minimum absolute atomic E-state index is 0.273. The molecule has 0 saturated carbocycles. The highest BCUT2D eigenvalue weighted by Gasteiger charge is 2.06. The van der Waals surface area contributed by atoms with Gasteiger partial charge in [0.15, 0.2) is 0 Å². The van der Waals surface area contributed by atoms with Crippen molar-refractivity contribution < 1.29 is 9.23 Å². The zero-order chi connectivity index (χ0) is 14.2. The maximum absolute atomic E-state index is 13.0. The zero-order valence-corrected chi connectivity index (χ0v) is 11.1. The number of hydrogen-bond acceptors (Lipinski definition) is 4. The zero-order valence-electron chi connectivity index (χ0n) is 11.1. The molecular formula is C14H17FN4O. The third-order valence-electron chi connectivity index (χ3n) is 2.73. The van der Waals surface area contributed by atoms with Crippen molar-refractivity contribution in [1.29, 1.82) is 0 Å². The molecule has 1 aromatic carbocycles. The van der Waals surface area contributed by atoms with E-state index in [9.17, 15) is 4.39 Å². The Kier molecular flexibility index (Phi) is 5.25. The van der Waals surface area contributed by atoms with E-state index in [1.807, 2.05) is 10.8 Å². The van der Waals surface area contributed by atoms with Crippen molar-refractivity contribution in [2.24, 2.45) is 10.9 Å². The standard InChI is InChI=1S/C14H17FN4O/c15-13-3-1-12(2-4-13)14(18-20-10-6-16)5-8-19-9-7-17-11-19/h1-4,7,9,11H,5-6,8,10,16H2. The molecule has 2 rings (SSSR count). The molecule has 1 aromatic heterocycles. The van der Waals surface area contributed by atoms with Crippen molar-refractivity contribution in [3.05, 3.63) is 54.4 Å². The first-order chi connectivity index (χ1) is 9.79. The van der Waals surface area contributed by atoms with E-state index in [2.05, 4.69) is 10.1 Å². The summed E-state index contributed by atoms with van der Waals surface area (Å²) < 4.78 is 14.9. The summed E-state index contributed by atoms with van der Waals surface area (Å²) >= 11 is 0. The predicted octanol–water partition coefficient (Wildman–Crippen LogP) is 1.79. The minimum atomic E-state index is -0.273. The van der Waals surface area contributed by atoms with Gasteiger partial charge in [-0.3, -0.25) is 0 Å². The average Bonchev–Trinajstić information content (AvgIpc) is 2.97. The van der Waals surface area contributed by atoms with E-state index < -0.39 is 0 Å². The summed E-state index contributed by atoms with van der Waals surface area (Å²) in [5, 5.41) is 4.09. The third-order valence-corrected chi connectivity index (χ3v) is 2.73. The molecule has 106 valence electrons. The van der Waals surface area contributed by atoms with Crippen LogP contribution >= 0.6 is 0 Å². The van der Waals surface area contributed by atoms with Crippen molar-refractivity contribution in [3.8, 4) is 0 Å². The number of nitrogens with zero attached hydrogens (tertiary/aromatic N) is 3. The molecule has 0 bridgehead atoms. The number of aromatic nitrogens is 2. The van der Waals surface area contributed by atoms with Crippen molar-refractivity contribution in [2.75, 3.05) is 13.2 Å². The molecule has 0 amide bonds. The van der Waals surface area contributed by atoms with Crippen LogP contribution in [-0.4, -0.2) is 28.4 Å². The van der Waals surface area contributed by atoms with E-state index in [0.29, 0.717) is 19.6 Å². The molecule has 0 aliphatic rings. The van der Waals surface area contributed by atoms with Gasteiger partial charge < -0.3 is 15.1 Å². The lowest BCUT2D eigenvalue weighted by Crippen LogP contribution is -2.10. The summed E-state index contributed by atoms with van der Waals surface area (Å²) in [5.41, 5.74) is 6.96. The summed E-state index contributed by atoms with van der Waals surface area (Å²) in [7, 11) is 0. The fourth-order valence-corrected chi connectivity index (χ4v) is 1.72. The van der Waals surface area contributed by atoms with E-state index in [0.717, 1.165) is 17.8 Å². The first-order valence-electron chi connectivity index (χ1n) is 6.40. The Hall–Kier alpha value is -2.21. The van der Waals surface area contributed by atoms with Crippen LogP contribution in [0.5, 0.6) is 0 Å². The number of nitrogens with two attached hydrogens (primary N) is 1. The van der Waals surface area contributed by atoms with Crippen molar-refractivity contribution >= 4 is 5.71 Å². The second-order valence-electron chi connectivity index (χ2n) is 4.22.